The number of benzene rings is 1. The first kappa shape index (κ1) is 14.9. The minimum absolute atomic E-state index is 0.0000173. The molecule has 1 atom stereocenters. The summed E-state index contributed by atoms with van der Waals surface area (Å²) in [5, 5.41) is 23.7. The average molecular weight is 273 g/mol. The van der Waals surface area contributed by atoms with Crippen LogP contribution in [0.15, 0.2) is 18.2 Å². The zero-order valence-corrected chi connectivity index (χ0v) is 11.0. The van der Waals surface area contributed by atoms with Gasteiger partial charge in [0.05, 0.1) is 11.0 Å². The molecule has 1 aromatic carbocycles. The largest absolute Gasteiger partial charge is 0.392 e. The van der Waals surface area contributed by atoms with Crippen molar-refractivity contribution in [3.05, 3.63) is 38.9 Å². The molecule has 2 N–H and O–H groups in total. The van der Waals surface area contributed by atoms with Crippen LogP contribution < -0.4 is 5.32 Å². The third kappa shape index (κ3) is 4.60. The number of nitrogens with one attached hydrogen (secondary N) is 1. The molecule has 0 amide bonds. The SMILES string of the molecule is CCCC(O)CNCc1ccc(Cl)cc1[N+](=O)[O-]. The fourth-order valence-electron chi connectivity index (χ4n) is 1.67. The molecule has 100 valence electrons. The van der Waals surface area contributed by atoms with Crippen LogP contribution in [-0.4, -0.2) is 22.7 Å². The van der Waals surface area contributed by atoms with E-state index < -0.39 is 11.0 Å². The van der Waals surface area contributed by atoms with Crippen LogP contribution in [0.1, 0.15) is 25.3 Å². The van der Waals surface area contributed by atoms with E-state index in [9.17, 15) is 15.2 Å². The van der Waals surface area contributed by atoms with Gasteiger partial charge in [0.15, 0.2) is 0 Å². The lowest BCUT2D eigenvalue weighted by Crippen LogP contribution is -2.26. The number of nitro groups is 1. The second-order valence-corrected chi connectivity index (χ2v) is 4.54. The number of hydrogen-bond acceptors (Lipinski definition) is 4. The zero-order chi connectivity index (χ0) is 13.5. The predicted octanol–water partition coefficient (Wildman–Crippen LogP) is 2.50. The molecular formula is C12H17ClN2O3. The van der Waals surface area contributed by atoms with Crippen molar-refractivity contribution in [2.45, 2.75) is 32.4 Å². The first-order valence-electron chi connectivity index (χ1n) is 5.86. The van der Waals surface area contributed by atoms with E-state index >= 15 is 0 Å². The molecule has 1 aromatic rings. The molecule has 0 heterocycles. The Hall–Kier alpha value is -1.17. The molecule has 0 aliphatic heterocycles. The number of nitrogens with zero attached hydrogens (tertiary/aromatic N) is 1. The van der Waals surface area contributed by atoms with Gasteiger partial charge in [0.1, 0.15) is 0 Å². The lowest BCUT2D eigenvalue weighted by molar-refractivity contribution is -0.385. The summed E-state index contributed by atoms with van der Waals surface area (Å²) >= 11 is 5.72. The van der Waals surface area contributed by atoms with Crippen molar-refractivity contribution in [3.8, 4) is 0 Å². The highest BCUT2D eigenvalue weighted by molar-refractivity contribution is 6.30. The molecule has 0 aromatic heterocycles. The summed E-state index contributed by atoms with van der Waals surface area (Å²) in [7, 11) is 0. The van der Waals surface area contributed by atoms with Crippen molar-refractivity contribution in [3.63, 3.8) is 0 Å². The standard InChI is InChI=1S/C12H17ClN2O3/c1-2-3-11(16)8-14-7-9-4-5-10(13)6-12(9)15(17)18/h4-6,11,14,16H,2-3,7-8H2,1H3. The summed E-state index contributed by atoms with van der Waals surface area (Å²) in [5.41, 5.74) is 0.563. The topological polar surface area (TPSA) is 75.4 Å². The minimum Gasteiger partial charge on any atom is -0.392 e. The highest BCUT2D eigenvalue weighted by Crippen LogP contribution is 2.22. The number of halogens is 1. The molecule has 18 heavy (non-hydrogen) atoms. The number of aliphatic hydroxyl groups is 1. The molecule has 0 fully saturated rings. The number of nitro benzene ring substituents is 1. The molecule has 0 bridgehead atoms. The summed E-state index contributed by atoms with van der Waals surface area (Å²) in [6.07, 6.45) is 1.21. The second-order valence-electron chi connectivity index (χ2n) is 4.10. The molecular weight excluding hydrogens is 256 g/mol. The molecule has 1 unspecified atom stereocenters. The Labute approximate surface area is 111 Å². The van der Waals surface area contributed by atoms with Gasteiger partial charge in [-0.2, -0.15) is 0 Å². The number of rotatable bonds is 7. The number of aliphatic hydroxyl groups excluding tert-OH is 1. The predicted molar refractivity (Wildman–Crippen MR) is 70.7 cm³/mol. The van der Waals surface area contributed by atoms with E-state index in [2.05, 4.69) is 5.32 Å². The van der Waals surface area contributed by atoms with E-state index in [1.807, 2.05) is 6.92 Å². The first-order valence-corrected chi connectivity index (χ1v) is 6.24. The van der Waals surface area contributed by atoms with Gasteiger partial charge < -0.3 is 10.4 Å². The highest BCUT2D eigenvalue weighted by atomic mass is 35.5. The third-order valence-electron chi connectivity index (χ3n) is 2.56. The summed E-state index contributed by atoms with van der Waals surface area (Å²) in [6.45, 7) is 2.76. The normalized spacial score (nSPS) is 12.4. The van der Waals surface area contributed by atoms with E-state index in [-0.39, 0.29) is 5.69 Å². The van der Waals surface area contributed by atoms with Crippen molar-refractivity contribution >= 4 is 17.3 Å². The van der Waals surface area contributed by atoms with E-state index in [0.29, 0.717) is 23.7 Å². The van der Waals surface area contributed by atoms with Crippen LogP contribution in [0.5, 0.6) is 0 Å². The van der Waals surface area contributed by atoms with Gasteiger partial charge in [0.25, 0.3) is 5.69 Å². The Morgan fingerprint density at radius 2 is 2.28 bits per heavy atom. The minimum atomic E-state index is -0.453. The summed E-state index contributed by atoms with van der Waals surface area (Å²) < 4.78 is 0. The van der Waals surface area contributed by atoms with Crippen molar-refractivity contribution < 1.29 is 10.0 Å². The fourth-order valence-corrected chi connectivity index (χ4v) is 1.83. The van der Waals surface area contributed by atoms with Gasteiger partial charge in [-0.05, 0) is 18.6 Å². The number of hydrogen-bond donors (Lipinski definition) is 2. The van der Waals surface area contributed by atoms with E-state index in [4.69, 9.17) is 11.6 Å². The van der Waals surface area contributed by atoms with Crippen LogP contribution in [0.4, 0.5) is 5.69 Å². The Kier molecular flexibility index (Phi) is 6.04. The Morgan fingerprint density at radius 3 is 2.89 bits per heavy atom. The molecule has 0 saturated carbocycles. The van der Waals surface area contributed by atoms with Gasteiger partial charge in [0, 0.05) is 29.7 Å². The Morgan fingerprint density at radius 1 is 1.56 bits per heavy atom. The van der Waals surface area contributed by atoms with Gasteiger partial charge in [-0.3, -0.25) is 10.1 Å². The molecule has 0 aliphatic rings. The van der Waals surface area contributed by atoms with Crippen LogP contribution >= 0.6 is 11.6 Å². The maximum absolute atomic E-state index is 10.8. The smallest absolute Gasteiger partial charge is 0.275 e. The van der Waals surface area contributed by atoms with Crippen molar-refractivity contribution in [2.75, 3.05) is 6.54 Å². The molecule has 0 spiro atoms. The fraction of sp³-hybridized carbons (Fsp3) is 0.500. The lowest BCUT2D eigenvalue weighted by Gasteiger charge is -2.10. The lowest BCUT2D eigenvalue weighted by atomic mass is 10.1. The summed E-state index contributed by atoms with van der Waals surface area (Å²) in [6, 6.07) is 4.58. The molecule has 0 radical (unpaired) electrons. The highest BCUT2D eigenvalue weighted by Gasteiger charge is 2.14. The van der Waals surface area contributed by atoms with Crippen LogP contribution in [0.3, 0.4) is 0 Å². The zero-order valence-electron chi connectivity index (χ0n) is 10.2. The van der Waals surface area contributed by atoms with E-state index in [1.165, 1.54) is 6.07 Å². The third-order valence-corrected chi connectivity index (χ3v) is 2.80. The van der Waals surface area contributed by atoms with Gasteiger partial charge in [0.2, 0.25) is 0 Å². The van der Waals surface area contributed by atoms with Crippen molar-refractivity contribution in [1.29, 1.82) is 0 Å². The van der Waals surface area contributed by atoms with E-state index in [1.54, 1.807) is 12.1 Å². The van der Waals surface area contributed by atoms with Crippen LogP contribution in [0, 0.1) is 10.1 Å². The van der Waals surface area contributed by atoms with Crippen LogP contribution in [-0.2, 0) is 6.54 Å². The molecule has 6 heteroatoms. The monoisotopic (exact) mass is 272 g/mol. The van der Waals surface area contributed by atoms with Crippen LogP contribution in [0.2, 0.25) is 5.02 Å². The average Bonchev–Trinajstić information content (AvgIpc) is 2.31. The van der Waals surface area contributed by atoms with Gasteiger partial charge in [-0.25, -0.2) is 0 Å². The first-order chi connectivity index (χ1) is 8.54. The molecule has 0 aliphatic carbocycles. The van der Waals surface area contributed by atoms with E-state index in [0.717, 1.165) is 12.8 Å². The molecule has 5 nitrogen and oxygen atoms in total. The van der Waals surface area contributed by atoms with Gasteiger partial charge in [-0.1, -0.05) is 24.9 Å². The summed E-state index contributed by atoms with van der Waals surface area (Å²) in [5.74, 6) is 0. The molecule has 1 rings (SSSR count). The van der Waals surface area contributed by atoms with Gasteiger partial charge >= 0.3 is 0 Å². The maximum Gasteiger partial charge on any atom is 0.275 e. The second kappa shape index (κ2) is 7.31. The van der Waals surface area contributed by atoms with Crippen molar-refractivity contribution in [1.82, 2.24) is 5.32 Å². The maximum atomic E-state index is 10.8. The Balaban J connectivity index is 2.59. The summed E-state index contributed by atoms with van der Waals surface area (Å²) in [4.78, 5) is 10.4. The molecule has 0 saturated heterocycles. The van der Waals surface area contributed by atoms with Gasteiger partial charge in [-0.15, -0.1) is 0 Å². The van der Waals surface area contributed by atoms with Crippen LogP contribution in [0.25, 0.3) is 0 Å². The van der Waals surface area contributed by atoms with Crippen molar-refractivity contribution in [2.24, 2.45) is 0 Å². The Bertz CT molecular complexity index is 412. The quantitative estimate of drug-likeness (QED) is 0.591.